The maximum Gasteiger partial charge on any atom is 0.250 e. The maximum atomic E-state index is 11.3. The standard InChI is InChI=1S/C11H13NO/c1-3-4-5-7-12-8-6-10(2)9-11(12)13/h1,6,8-9H,4-5,7H2,2H3. The molecular weight excluding hydrogens is 162 g/mol. The van der Waals surface area contributed by atoms with Crippen LogP contribution in [0.1, 0.15) is 18.4 Å². The normalized spacial score (nSPS) is 9.54. The average Bonchev–Trinajstić information content (AvgIpc) is 2.09. The van der Waals surface area contributed by atoms with E-state index in [1.807, 2.05) is 19.2 Å². The van der Waals surface area contributed by atoms with Gasteiger partial charge in [0, 0.05) is 25.2 Å². The van der Waals surface area contributed by atoms with E-state index in [0.29, 0.717) is 6.54 Å². The number of terminal acetylenes is 1. The molecule has 0 fully saturated rings. The summed E-state index contributed by atoms with van der Waals surface area (Å²) in [7, 11) is 0. The lowest BCUT2D eigenvalue weighted by atomic mass is 10.3. The molecule has 1 aromatic rings. The second-order valence-corrected chi connectivity index (χ2v) is 3.04. The molecule has 0 bridgehead atoms. The van der Waals surface area contributed by atoms with Crippen molar-refractivity contribution in [1.29, 1.82) is 0 Å². The van der Waals surface area contributed by atoms with Crippen molar-refractivity contribution < 1.29 is 0 Å². The van der Waals surface area contributed by atoms with Gasteiger partial charge in [0.2, 0.25) is 0 Å². The van der Waals surface area contributed by atoms with Gasteiger partial charge in [0.15, 0.2) is 0 Å². The van der Waals surface area contributed by atoms with E-state index in [-0.39, 0.29) is 5.56 Å². The number of rotatable bonds is 3. The number of nitrogens with zero attached hydrogens (tertiary/aromatic N) is 1. The highest BCUT2D eigenvalue weighted by Gasteiger charge is 1.94. The van der Waals surface area contributed by atoms with Crippen LogP contribution in [0.5, 0.6) is 0 Å². The van der Waals surface area contributed by atoms with Crippen LogP contribution in [0.25, 0.3) is 0 Å². The molecule has 2 heteroatoms. The lowest BCUT2D eigenvalue weighted by molar-refractivity contribution is 0.632. The first-order valence-electron chi connectivity index (χ1n) is 4.34. The smallest absolute Gasteiger partial charge is 0.250 e. The summed E-state index contributed by atoms with van der Waals surface area (Å²) in [6.07, 6.45) is 8.51. The van der Waals surface area contributed by atoms with Crippen molar-refractivity contribution in [2.24, 2.45) is 0 Å². The number of pyridine rings is 1. The van der Waals surface area contributed by atoms with Gasteiger partial charge in [0.25, 0.3) is 5.56 Å². The molecule has 68 valence electrons. The van der Waals surface area contributed by atoms with Crippen LogP contribution in [0, 0.1) is 19.3 Å². The summed E-state index contributed by atoms with van der Waals surface area (Å²) < 4.78 is 1.68. The van der Waals surface area contributed by atoms with Crippen LogP contribution >= 0.6 is 0 Å². The SMILES string of the molecule is C#CCCCn1ccc(C)cc1=O. The van der Waals surface area contributed by atoms with Crippen LogP contribution < -0.4 is 5.56 Å². The van der Waals surface area contributed by atoms with Gasteiger partial charge >= 0.3 is 0 Å². The number of aryl methyl sites for hydroxylation is 2. The topological polar surface area (TPSA) is 22.0 Å². The Hall–Kier alpha value is -1.49. The molecular formula is C11H13NO. The van der Waals surface area contributed by atoms with Crippen molar-refractivity contribution in [3.8, 4) is 12.3 Å². The van der Waals surface area contributed by atoms with E-state index in [0.717, 1.165) is 18.4 Å². The first kappa shape index (κ1) is 9.60. The average molecular weight is 175 g/mol. The predicted molar refractivity (Wildman–Crippen MR) is 53.5 cm³/mol. The highest BCUT2D eigenvalue weighted by atomic mass is 16.1. The Kier molecular flexibility index (Phi) is 3.33. The molecule has 0 aromatic carbocycles. The molecule has 0 saturated heterocycles. The van der Waals surface area contributed by atoms with Crippen LogP contribution in [0.2, 0.25) is 0 Å². The van der Waals surface area contributed by atoms with Crippen molar-refractivity contribution in [3.05, 3.63) is 34.2 Å². The van der Waals surface area contributed by atoms with E-state index in [9.17, 15) is 4.79 Å². The molecule has 0 amide bonds. The molecule has 0 unspecified atom stereocenters. The number of hydrogen-bond donors (Lipinski definition) is 0. The Bertz CT molecular complexity index is 370. The van der Waals surface area contributed by atoms with Gasteiger partial charge in [-0.05, 0) is 25.0 Å². The van der Waals surface area contributed by atoms with Crippen molar-refractivity contribution in [2.45, 2.75) is 26.3 Å². The molecule has 0 radical (unpaired) electrons. The fourth-order valence-corrected chi connectivity index (χ4v) is 1.14. The van der Waals surface area contributed by atoms with Crippen LogP contribution in [0.4, 0.5) is 0 Å². The highest BCUT2D eigenvalue weighted by molar-refractivity contribution is 5.07. The minimum atomic E-state index is 0.0528. The molecule has 13 heavy (non-hydrogen) atoms. The molecule has 0 saturated carbocycles. The molecule has 0 aliphatic heterocycles. The summed E-state index contributed by atoms with van der Waals surface area (Å²) in [5.41, 5.74) is 1.05. The van der Waals surface area contributed by atoms with Crippen LogP contribution in [-0.4, -0.2) is 4.57 Å². The van der Waals surface area contributed by atoms with E-state index in [1.54, 1.807) is 10.6 Å². The first-order chi connectivity index (χ1) is 6.24. The molecule has 0 atom stereocenters. The summed E-state index contributed by atoms with van der Waals surface area (Å²) >= 11 is 0. The zero-order valence-electron chi connectivity index (χ0n) is 7.79. The third-order valence-electron chi connectivity index (χ3n) is 1.87. The largest absolute Gasteiger partial charge is 0.315 e. The van der Waals surface area contributed by atoms with Gasteiger partial charge in [-0.1, -0.05) is 0 Å². The molecule has 0 aliphatic rings. The van der Waals surface area contributed by atoms with Gasteiger partial charge in [-0.2, -0.15) is 0 Å². The summed E-state index contributed by atoms with van der Waals surface area (Å²) in [5.74, 6) is 2.55. The fourth-order valence-electron chi connectivity index (χ4n) is 1.14. The Morgan fingerprint density at radius 3 is 3.00 bits per heavy atom. The lowest BCUT2D eigenvalue weighted by Crippen LogP contribution is -2.18. The van der Waals surface area contributed by atoms with Gasteiger partial charge in [-0.25, -0.2) is 0 Å². The van der Waals surface area contributed by atoms with Gasteiger partial charge in [-0.15, -0.1) is 12.3 Å². The molecule has 2 nitrogen and oxygen atoms in total. The Labute approximate surface area is 78.2 Å². The maximum absolute atomic E-state index is 11.3. The van der Waals surface area contributed by atoms with Crippen molar-refractivity contribution >= 4 is 0 Å². The van der Waals surface area contributed by atoms with Crippen LogP contribution in [0.15, 0.2) is 23.1 Å². The number of hydrogen-bond acceptors (Lipinski definition) is 1. The van der Waals surface area contributed by atoms with Crippen LogP contribution in [-0.2, 0) is 6.54 Å². The molecule has 0 spiro atoms. The van der Waals surface area contributed by atoms with E-state index < -0.39 is 0 Å². The molecule has 1 rings (SSSR count). The van der Waals surface area contributed by atoms with E-state index in [4.69, 9.17) is 6.42 Å². The van der Waals surface area contributed by atoms with E-state index in [1.165, 1.54) is 0 Å². The number of unbranched alkanes of at least 4 members (excludes halogenated alkanes) is 1. The molecule has 1 heterocycles. The summed E-state index contributed by atoms with van der Waals surface area (Å²) in [4.78, 5) is 11.3. The van der Waals surface area contributed by atoms with Crippen molar-refractivity contribution in [3.63, 3.8) is 0 Å². The monoisotopic (exact) mass is 175 g/mol. The second kappa shape index (κ2) is 4.51. The van der Waals surface area contributed by atoms with Gasteiger partial charge in [-0.3, -0.25) is 4.79 Å². The second-order valence-electron chi connectivity index (χ2n) is 3.04. The Balaban J connectivity index is 2.68. The van der Waals surface area contributed by atoms with Crippen LogP contribution in [0.3, 0.4) is 0 Å². The Morgan fingerprint density at radius 2 is 2.38 bits per heavy atom. The summed E-state index contributed by atoms with van der Waals surface area (Å²) in [6, 6.07) is 3.56. The quantitative estimate of drug-likeness (QED) is 0.505. The zero-order valence-corrected chi connectivity index (χ0v) is 7.79. The fraction of sp³-hybridized carbons (Fsp3) is 0.364. The molecule has 0 N–H and O–H groups in total. The molecule has 1 aromatic heterocycles. The minimum Gasteiger partial charge on any atom is -0.315 e. The Morgan fingerprint density at radius 1 is 1.62 bits per heavy atom. The minimum absolute atomic E-state index is 0.0528. The summed E-state index contributed by atoms with van der Waals surface area (Å²) in [5, 5.41) is 0. The first-order valence-corrected chi connectivity index (χ1v) is 4.34. The van der Waals surface area contributed by atoms with Gasteiger partial charge in [0.1, 0.15) is 0 Å². The molecule has 0 aliphatic carbocycles. The summed E-state index contributed by atoms with van der Waals surface area (Å²) in [6.45, 7) is 2.62. The van der Waals surface area contributed by atoms with Crippen molar-refractivity contribution in [2.75, 3.05) is 0 Å². The van der Waals surface area contributed by atoms with Gasteiger partial charge < -0.3 is 4.57 Å². The zero-order chi connectivity index (χ0) is 9.68. The highest BCUT2D eigenvalue weighted by Crippen LogP contribution is 1.94. The van der Waals surface area contributed by atoms with E-state index in [2.05, 4.69) is 5.92 Å². The third kappa shape index (κ3) is 2.79. The van der Waals surface area contributed by atoms with E-state index >= 15 is 0 Å². The third-order valence-corrected chi connectivity index (χ3v) is 1.87. The number of aromatic nitrogens is 1. The van der Waals surface area contributed by atoms with Crippen molar-refractivity contribution in [1.82, 2.24) is 4.57 Å². The lowest BCUT2D eigenvalue weighted by Gasteiger charge is -2.03. The van der Waals surface area contributed by atoms with Gasteiger partial charge in [0.05, 0.1) is 0 Å². The predicted octanol–water partition coefficient (Wildman–Crippen LogP) is 1.57.